The van der Waals surface area contributed by atoms with E-state index in [1.54, 1.807) is 6.08 Å². The molecule has 58 valence electrons. The molecule has 3 heteroatoms. The Morgan fingerprint density at radius 2 is 2.45 bits per heavy atom. The molecule has 1 aromatic rings. The van der Waals surface area contributed by atoms with Crippen molar-refractivity contribution in [1.29, 1.82) is 0 Å². The highest BCUT2D eigenvalue weighted by molar-refractivity contribution is 9.10. The van der Waals surface area contributed by atoms with Gasteiger partial charge < -0.3 is 0 Å². The number of rotatable bonds is 3. The topological polar surface area (TPSA) is 17.1 Å². The Bertz CT molecular complexity index is 277. The fraction of sp³-hybridized carbons (Fsp3) is 0.125. The van der Waals surface area contributed by atoms with Gasteiger partial charge in [-0.1, -0.05) is 6.08 Å². The Hall–Kier alpha value is -0.410. The number of halogens is 1. The lowest BCUT2D eigenvalue weighted by molar-refractivity contribution is 0.0995. The summed E-state index contributed by atoms with van der Waals surface area (Å²) in [4.78, 5) is 11.2. The zero-order valence-corrected chi connectivity index (χ0v) is 8.24. The minimum Gasteiger partial charge on any atom is -0.294 e. The lowest BCUT2D eigenvalue weighted by atomic mass is 10.2. The monoisotopic (exact) mass is 230 g/mol. The maximum Gasteiger partial charge on any atom is 0.168 e. The van der Waals surface area contributed by atoms with Gasteiger partial charge in [0.15, 0.2) is 5.78 Å². The quantitative estimate of drug-likeness (QED) is 0.576. The first-order valence-corrected chi connectivity index (χ1v) is 4.85. The summed E-state index contributed by atoms with van der Waals surface area (Å²) in [6.45, 7) is 3.51. The average molecular weight is 231 g/mol. The molecule has 1 aromatic heterocycles. The van der Waals surface area contributed by atoms with Gasteiger partial charge in [-0.15, -0.1) is 6.58 Å². The van der Waals surface area contributed by atoms with Crippen LogP contribution in [0.5, 0.6) is 0 Å². The van der Waals surface area contributed by atoms with Crippen LogP contribution in [0.3, 0.4) is 0 Å². The van der Waals surface area contributed by atoms with E-state index in [1.807, 2.05) is 10.8 Å². The molecule has 0 unspecified atom stereocenters. The normalized spacial score (nSPS) is 9.55. The Labute approximate surface area is 77.9 Å². The maximum absolute atomic E-state index is 11.2. The van der Waals surface area contributed by atoms with Crippen molar-refractivity contribution in [3.8, 4) is 0 Å². The predicted octanol–water partition coefficient (Wildman–Crippen LogP) is 3.27. The SMILES string of the molecule is C=CCC(=O)c1cscc1Br. The third kappa shape index (κ3) is 2.01. The van der Waals surface area contributed by atoms with E-state index < -0.39 is 0 Å². The summed E-state index contributed by atoms with van der Waals surface area (Å²) in [5.41, 5.74) is 0.759. The molecule has 1 nitrogen and oxygen atoms in total. The number of carbonyl (C=O) groups is 1. The van der Waals surface area contributed by atoms with Crippen LogP contribution in [0.15, 0.2) is 27.9 Å². The molecule has 0 saturated heterocycles. The standard InChI is InChI=1S/C8H7BrOS/c1-2-3-8(10)6-4-11-5-7(6)9/h2,4-5H,1,3H2. The van der Waals surface area contributed by atoms with Gasteiger partial charge in [0.1, 0.15) is 0 Å². The molecule has 1 heterocycles. The molecule has 0 aliphatic rings. The smallest absolute Gasteiger partial charge is 0.168 e. The first kappa shape index (κ1) is 8.68. The molecule has 0 spiro atoms. The first-order valence-electron chi connectivity index (χ1n) is 3.11. The summed E-state index contributed by atoms with van der Waals surface area (Å²) in [6.07, 6.45) is 2.03. The average Bonchev–Trinajstić information content (AvgIpc) is 2.36. The van der Waals surface area contributed by atoms with Gasteiger partial charge in [0.25, 0.3) is 0 Å². The van der Waals surface area contributed by atoms with Gasteiger partial charge >= 0.3 is 0 Å². The van der Waals surface area contributed by atoms with E-state index in [-0.39, 0.29) is 5.78 Å². The summed E-state index contributed by atoms with van der Waals surface area (Å²) in [7, 11) is 0. The van der Waals surface area contributed by atoms with Crippen molar-refractivity contribution in [1.82, 2.24) is 0 Å². The van der Waals surface area contributed by atoms with Crippen molar-refractivity contribution in [2.75, 3.05) is 0 Å². The second-order valence-corrected chi connectivity index (χ2v) is 3.65. The lowest BCUT2D eigenvalue weighted by Gasteiger charge is -1.92. The molecule has 0 radical (unpaired) electrons. The van der Waals surface area contributed by atoms with Crippen LogP contribution in [0.1, 0.15) is 16.8 Å². The van der Waals surface area contributed by atoms with Crippen molar-refractivity contribution in [3.05, 3.63) is 33.5 Å². The Balaban J connectivity index is 2.83. The molecule has 0 N–H and O–H groups in total. The molecule has 0 atom stereocenters. The van der Waals surface area contributed by atoms with E-state index in [9.17, 15) is 4.79 Å². The predicted molar refractivity (Wildman–Crippen MR) is 51.2 cm³/mol. The summed E-state index contributed by atoms with van der Waals surface area (Å²) in [6, 6.07) is 0. The number of hydrogen-bond acceptors (Lipinski definition) is 2. The highest BCUT2D eigenvalue weighted by atomic mass is 79.9. The molecule has 0 bridgehead atoms. The van der Waals surface area contributed by atoms with Crippen LogP contribution in [0.4, 0.5) is 0 Å². The number of carbonyl (C=O) groups excluding carboxylic acids is 1. The molecule has 0 aliphatic carbocycles. The van der Waals surface area contributed by atoms with Gasteiger partial charge in [-0.25, -0.2) is 0 Å². The maximum atomic E-state index is 11.2. The Morgan fingerprint density at radius 3 is 2.91 bits per heavy atom. The van der Waals surface area contributed by atoms with E-state index in [0.717, 1.165) is 10.0 Å². The first-order chi connectivity index (χ1) is 5.25. The third-order valence-electron chi connectivity index (χ3n) is 1.24. The Kier molecular flexibility index (Phi) is 3.02. The molecule has 0 fully saturated rings. The van der Waals surface area contributed by atoms with Crippen LogP contribution < -0.4 is 0 Å². The van der Waals surface area contributed by atoms with Crippen LogP contribution in [0.2, 0.25) is 0 Å². The summed E-state index contributed by atoms with van der Waals surface area (Å²) in [5, 5.41) is 3.74. The molecule has 1 rings (SSSR count). The van der Waals surface area contributed by atoms with Crippen molar-refractivity contribution in [2.45, 2.75) is 6.42 Å². The fourth-order valence-electron chi connectivity index (χ4n) is 0.722. The number of ketones is 1. The molecule has 11 heavy (non-hydrogen) atoms. The highest BCUT2D eigenvalue weighted by Crippen LogP contribution is 2.22. The number of allylic oxidation sites excluding steroid dienone is 1. The molecular formula is C8H7BrOS. The van der Waals surface area contributed by atoms with Gasteiger partial charge in [0.2, 0.25) is 0 Å². The van der Waals surface area contributed by atoms with Crippen molar-refractivity contribution >= 4 is 33.0 Å². The van der Waals surface area contributed by atoms with Crippen LogP contribution in [-0.4, -0.2) is 5.78 Å². The van der Waals surface area contributed by atoms with Crippen LogP contribution >= 0.6 is 27.3 Å². The molecule has 0 aliphatic heterocycles. The number of hydrogen-bond donors (Lipinski definition) is 0. The number of Topliss-reactive ketones (excluding diaryl/α,β-unsaturated/α-hetero) is 1. The molecule has 0 amide bonds. The van der Waals surface area contributed by atoms with E-state index >= 15 is 0 Å². The van der Waals surface area contributed by atoms with E-state index in [2.05, 4.69) is 22.5 Å². The lowest BCUT2D eigenvalue weighted by Crippen LogP contribution is -1.94. The second-order valence-electron chi connectivity index (χ2n) is 2.05. The Morgan fingerprint density at radius 1 is 1.73 bits per heavy atom. The number of thiophene rings is 1. The van der Waals surface area contributed by atoms with Crippen molar-refractivity contribution in [3.63, 3.8) is 0 Å². The highest BCUT2D eigenvalue weighted by Gasteiger charge is 2.07. The third-order valence-corrected chi connectivity index (χ3v) is 2.95. The minimum atomic E-state index is 0.119. The van der Waals surface area contributed by atoms with Crippen LogP contribution in [0, 0.1) is 0 Å². The van der Waals surface area contributed by atoms with Crippen molar-refractivity contribution < 1.29 is 4.79 Å². The summed E-state index contributed by atoms with van der Waals surface area (Å²) < 4.78 is 0.884. The molecule has 0 aromatic carbocycles. The molecular weight excluding hydrogens is 224 g/mol. The van der Waals surface area contributed by atoms with Crippen LogP contribution in [-0.2, 0) is 0 Å². The fourth-order valence-corrected chi connectivity index (χ4v) is 2.24. The van der Waals surface area contributed by atoms with Gasteiger partial charge in [-0.3, -0.25) is 4.79 Å². The zero-order chi connectivity index (χ0) is 8.27. The molecule has 0 saturated carbocycles. The second kappa shape index (κ2) is 3.83. The van der Waals surface area contributed by atoms with E-state index in [4.69, 9.17) is 0 Å². The van der Waals surface area contributed by atoms with Crippen molar-refractivity contribution in [2.24, 2.45) is 0 Å². The van der Waals surface area contributed by atoms with E-state index in [1.165, 1.54) is 11.3 Å². The summed E-state index contributed by atoms with van der Waals surface area (Å²) in [5.74, 6) is 0.119. The van der Waals surface area contributed by atoms with Crippen LogP contribution in [0.25, 0.3) is 0 Å². The van der Waals surface area contributed by atoms with Gasteiger partial charge in [0.05, 0.1) is 0 Å². The summed E-state index contributed by atoms with van der Waals surface area (Å²) >= 11 is 4.81. The van der Waals surface area contributed by atoms with Gasteiger partial charge in [0, 0.05) is 27.2 Å². The van der Waals surface area contributed by atoms with Gasteiger partial charge in [-0.2, -0.15) is 11.3 Å². The van der Waals surface area contributed by atoms with Gasteiger partial charge in [-0.05, 0) is 15.9 Å². The zero-order valence-electron chi connectivity index (χ0n) is 5.84. The largest absolute Gasteiger partial charge is 0.294 e. The minimum absolute atomic E-state index is 0.119. The van der Waals surface area contributed by atoms with E-state index in [0.29, 0.717) is 6.42 Å².